The minimum absolute atomic E-state index is 0.143. The van der Waals surface area contributed by atoms with Crippen LogP contribution in [0.5, 0.6) is 5.75 Å². The number of carbonyl (C=O) groups excluding carboxylic acids is 1. The molecule has 0 aliphatic heterocycles. The standard InChI is InChI=1S/C23H25FN2O2/c1-4-5-14-25-23(27)19-15-22(17-10-12-18(28-3)13-11-17)26(16(19)2)21-9-7-6-8-20(21)24/h6-13,15H,4-5,14H2,1-3H3,(H,25,27). The molecule has 3 aromatic rings. The number of aromatic nitrogens is 1. The number of ether oxygens (including phenoxy) is 1. The zero-order valence-corrected chi connectivity index (χ0v) is 16.5. The number of rotatable bonds is 7. The molecule has 0 atom stereocenters. The summed E-state index contributed by atoms with van der Waals surface area (Å²) in [6.07, 6.45) is 1.93. The van der Waals surface area contributed by atoms with Gasteiger partial charge in [-0.1, -0.05) is 25.5 Å². The van der Waals surface area contributed by atoms with Crippen LogP contribution in [0.3, 0.4) is 0 Å². The average molecular weight is 380 g/mol. The third kappa shape index (κ3) is 3.93. The van der Waals surface area contributed by atoms with Gasteiger partial charge in [0.15, 0.2) is 0 Å². The van der Waals surface area contributed by atoms with Gasteiger partial charge in [-0.05, 0) is 61.4 Å². The molecule has 1 aromatic heterocycles. The van der Waals surface area contributed by atoms with Crippen LogP contribution >= 0.6 is 0 Å². The molecule has 0 bridgehead atoms. The Morgan fingerprint density at radius 3 is 2.50 bits per heavy atom. The Bertz CT molecular complexity index is 961. The minimum atomic E-state index is -0.339. The van der Waals surface area contributed by atoms with Gasteiger partial charge in [0.25, 0.3) is 5.91 Å². The Morgan fingerprint density at radius 2 is 1.86 bits per heavy atom. The van der Waals surface area contributed by atoms with Crippen molar-refractivity contribution in [3.8, 4) is 22.7 Å². The summed E-state index contributed by atoms with van der Waals surface area (Å²) in [6, 6.07) is 15.9. The number of para-hydroxylation sites is 1. The zero-order chi connectivity index (χ0) is 20.1. The maximum Gasteiger partial charge on any atom is 0.253 e. The number of halogens is 1. The van der Waals surface area contributed by atoms with Crippen LogP contribution in [0, 0.1) is 12.7 Å². The minimum Gasteiger partial charge on any atom is -0.497 e. The van der Waals surface area contributed by atoms with Crippen molar-refractivity contribution in [1.82, 2.24) is 9.88 Å². The summed E-state index contributed by atoms with van der Waals surface area (Å²) in [5.74, 6) is 0.256. The van der Waals surface area contributed by atoms with E-state index in [1.807, 2.05) is 37.3 Å². The van der Waals surface area contributed by atoms with Crippen LogP contribution in [0.2, 0.25) is 0 Å². The molecule has 0 aliphatic carbocycles. The lowest BCUT2D eigenvalue weighted by Crippen LogP contribution is -2.24. The largest absolute Gasteiger partial charge is 0.497 e. The first-order valence-electron chi connectivity index (χ1n) is 9.46. The van der Waals surface area contributed by atoms with Crippen molar-refractivity contribution in [2.75, 3.05) is 13.7 Å². The van der Waals surface area contributed by atoms with Gasteiger partial charge in [-0.15, -0.1) is 0 Å². The van der Waals surface area contributed by atoms with Crippen molar-refractivity contribution in [3.05, 3.63) is 71.7 Å². The fraction of sp³-hybridized carbons (Fsp3) is 0.261. The number of methoxy groups -OCH3 is 1. The molecule has 4 nitrogen and oxygen atoms in total. The summed E-state index contributed by atoms with van der Waals surface area (Å²) in [6.45, 7) is 4.54. The number of unbranched alkanes of at least 4 members (excludes halogenated alkanes) is 1. The topological polar surface area (TPSA) is 43.3 Å². The second-order valence-electron chi connectivity index (χ2n) is 6.65. The summed E-state index contributed by atoms with van der Waals surface area (Å²) in [5, 5.41) is 2.95. The summed E-state index contributed by atoms with van der Waals surface area (Å²) >= 11 is 0. The van der Waals surface area contributed by atoms with Crippen molar-refractivity contribution >= 4 is 5.91 Å². The molecule has 28 heavy (non-hydrogen) atoms. The predicted molar refractivity (Wildman–Crippen MR) is 110 cm³/mol. The van der Waals surface area contributed by atoms with E-state index in [0.717, 1.165) is 29.8 Å². The summed E-state index contributed by atoms with van der Waals surface area (Å²) in [4.78, 5) is 12.7. The zero-order valence-electron chi connectivity index (χ0n) is 16.5. The van der Waals surface area contributed by atoms with E-state index in [-0.39, 0.29) is 11.7 Å². The molecular formula is C23H25FN2O2. The SMILES string of the molecule is CCCCNC(=O)c1cc(-c2ccc(OC)cc2)n(-c2ccccc2F)c1C. The first-order chi connectivity index (χ1) is 13.6. The Kier molecular flexibility index (Phi) is 6.14. The fourth-order valence-electron chi connectivity index (χ4n) is 3.23. The van der Waals surface area contributed by atoms with Crippen LogP contribution in [-0.2, 0) is 0 Å². The molecule has 0 spiro atoms. The third-order valence-corrected chi connectivity index (χ3v) is 4.79. The van der Waals surface area contributed by atoms with E-state index in [1.165, 1.54) is 6.07 Å². The highest BCUT2D eigenvalue weighted by Gasteiger charge is 2.21. The van der Waals surface area contributed by atoms with Gasteiger partial charge in [-0.25, -0.2) is 4.39 Å². The molecule has 1 amide bonds. The Morgan fingerprint density at radius 1 is 1.14 bits per heavy atom. The molecule has 1 N–H and O–H groups in total. The van der Waals surface area contributed by atoms with E-state index in [9.17, 15) is 9.18 Å². The molecule has 0 radical (unpaired) electrons. The Labute approximate surface area is 165 Å². The third-order valence-electron chi connectivity index (χ3n) is 4.79. The number of nitrogens with zero attached hydrogens (tertiary/aromatic N) is 1. The number of benzene rings is 2. The van der Waals surface area contributed by atoms with Crippen molar-refractivity contribution in [2.24, 2.45) is 0 Å². The van der Waals surface area contributed by atoms with Gasteiger partial charge < -0.3 is 14.6 Å². The van der Waals surface area contributed by atoms with E-state index >= 15 is 0 Å². The van der Waals surface area contributed by atoms with E-state index in [0.29, 0.717) is 23.5 Å². The Balaban J connectivity index is 2.12. The first-order valence-corrected chi connectivity index (χ1v) is 9.46. The predicted octanol–water partition coefficient (Wildman–Crippen LogP) is 5.13. The number of hydrogen-bond donors (Lipinski definition) is 1. The molecule has 0 saturated carbocycles. The molecule has 2 aromatic carbocycles. The van der Waals surface area contributed by atoms with Gasteiger partial charge in [-0.3, -0.25) is 4.79 Å². The van der Waals surface area contributed by atoms with E-state index in [4.69, 9.17) is 4.74 Å². The van der Waals surface area contributed by atoms with Crippen LogP contribution in [0.4, 0.5) is 4.39 Å². The second kappa shape index (κ2) is 8.74. The summed E-state index contributed by atoms with van der Waals surface area (Å²) in [5.41, 5.74) is 3.29. The molecule has 0 unspecified atom stereocenters. The highest BCUT2D eigenvalue weighted by molar-refractivity contribution is 5.97. The fourth-order valence-corrected chi connectivity index (χ4v) is 3.23. The van der Waals surface area contributed by atoms with Crippen molar-refractivity contribution in [3.63, 3.8) is 0 Å². The molecule has 1 heterocycles. The van der Waals surface area contributed by atoms with Gasteiger partial charge in [0.2, 0.25) is 0 Å². The normalized spacial score (nSPS) is 10.7. The van der Waals surface area contributed by atoms with Gasteiger partial charge in [0.05, 0.1) is 24.1 Å². The summed E-state index contributed by atoms with van der Waals surface area (Å²) in [7, 11) is 1.61. The quantitative estimate of drug-likeness (QED) is 0.578. The van der Waals surface area contributed by atoms with Crippen molar-refractivity contribution < 1.29 is 13.9 Å². The van der Waals surface area contributed by atoms with Crippen LogP contribution in [0.1, 0.15) is 35.8 Å². The van der Waals surface area contributed by atoms with Crippen molar-refractivity contribution in [2.45, 2.75) is 26.7 Å². The number of carbonyl (C=O) groups is 1. The molecule has 0 fully saturated rings. The van der Waals surface area contributed by atoms with Gasteiger partial charge in [0, 0.05) is 12.2 Å². The van der Waals surface area contributed by atoms with Gasteiger partial charge in [-0.2, -0.15) is 0 Å². The molecule has 0 saturated heterocycles. The van der Waals surface area contributed by atoms with Gasteiger partial charge >= 0.3 is 0 Å². The number of hydrogen-bond acceptors (Lipinski definition) is 2. The van der Waals surface area contributed by atoms with Crippen LogP contribution in [-0.4, -0.2) is 24.1 Å². The second-order valence-corrected chi connectivity index (χ2v) is 6.65. The maximum atomic E-state index is 14.6. The van der Waals surface area contributed by atoms with E-state index in [1.54, 1.807) is 29.9 Å². The smallest absolute Gasteiger partial charge is 0.253 e. The highest BCUT2D eigenvalue weighted by atomic mass is 19.1. The first kappa shape index (κ1) is 19.7. The number of amides is 1. The van der Waals surface area contributed by atoms with Crippen LogP contribution < -0.4 is 10.1 Å². The molecule has 3 rings (SSSR count). The monoisotopic (exact) mass is 380 g/mol. The van der Waals surface area contributed by atoms with Crippen LogP contribution in [0.25, 0.3) is 16.9 Å². The lowest BCUT2D eigenvalue weighted by molar-refractivity contribution is 0.0952. The molecule has 146 valence electrons. The lowest BCUT2D eigenvalue weighted by atomic mass is 10.1. The average Bonchev–Trinajstić information content (AvgIpc) is 3.05. The molecule has 5 heteroatoms. The lowest BCUT2D eigenvalue weighted by Gasteiger charge is -2.13. The van der Waals surface area contributed by atoms with E-state index < -0.39 is 0 Å². The Hall–Kier alpha value is -3.08. The van der Waals surface area contributed by atoms with Gasteiger partial charge in [0.1, 0.15) is 11.6 Å². The molecule has 0 aliphatic rings. The van der Waals surface area contributed by atoms with Crippen molar-refractivity contribution in [1.29, 1.82) is 0 Å². The molecular weight excluding hydrogens is 355 g/mol. The maximum absolute atomic E-state index is 14.6. The van der Waals surface area contributed by atoms with Crippen LogP contribution in [0.15, 0.2) is 54.6 Å². The highest BCUT2D eigenvalue weighted by Crippen LogP contribution is 2.31. The summed E-state index contributed by atoms with van der Waals surface area (Å²) < 4.78 is 21.6. The van der Waals surface area contributed by atoms with E-state index in [2.05, 4.69) is 12.2 Å². The number of nitrogens with one attached hydrogen (secondary N) is 1.